The lowest BCUT2D eigenvalue weighted by molar-refractivity contribution is -0.384. The average molecular weight is 319 g/mol. The molecule has 0 saturated heterocycles. The minimum absolute atomic E-state index is 0.0423. The van der Waals surface area contributed by atoms with Crippen molar-refractivity contribution >= 4 is 28.9 Å². The van der Waals surface area contributed by atoms with Crippen molar-refractivity contribution in [2.75, 3.05) is 5.32 Å². The molecule has 0 aromatic heterocycles. The van der Waals surface area contributed by atoms with Crippen LogP contribution in [0.15, 0.2) is 48.5 Å². The van der Waals surface area contributed by atoms with Gasteiger partial charge < -0.3 is 5.32 Å². The van der Waals surface area contributed by atoms with Gasteiger partial charge in [-0.3, -0.25) is 14.9 Å². The Bertz CT molecular complexity index is 689. The highest BCUT2D eigenvalue weighted by molar-refractivity contribution is 6.32. The fourth-order valence-corrected chi connectivity index (χ4v) is 2.31. The van der Waals surface area contributed by atoms with Gasteiger partial charge in [0.1, 0.15) is 5.02 Å². The molecular weight excluding hydrogens is 304 g/mol. The number of carbonyl (C=O) groups excluding carboxylic acids is 1. The Morgan fingerprint density at radius 2 is 1.95 bits per heavy atom. The van der Waals surface area contributed by atoms with Crippen molar-refractivity contribution in [1.82, 2.24) is 0 Å². The van der Waals surface area contributed by atoms with Gasteiger partial charge in [0.05, 0.1) is 4.92 Å². The van der Waals surface area contributed by atoms with Gasteiger partial charge in [-0.1, -0.05) is 48.9 Å². The van der Waals surface area contributed by atoms with Crippen LogP contribution < -0.4 is 5.32 Å². The molecule has 1 N–H and O–H groups in total. The summed E-state index contributed by atoms with van der Waals surface area (Å²) < 4.78 is 0. The van der Waals surface area contributed by atoms with Crippen molar-refractivity contribution in [3.63, 3.8) is 0 Å². The lowest BCUT2D eigenvalue weighted by Crippen LogP contribution is -2.14. The lowest BCUT2D eigenvalue weighted by Gasteiger charge is -2.12. The lowest BCUT2D eigenvalue weighted by atomic mass is 9.97. The molecule has 114 valence electrons. The number of benzene rings is 2. The van der Waals surface area contributed by atoms with Crippen LogP contribution in [0.1, 0.15) is 24.8 Å². The first-order valence-corrected chi connectivity index (χ1v) is 7.14. The van der Waals surface area contributed by atoms with Gasteiger partial charge in [-0.15, -0.1) is 0 Å². The third-order valence-corrected chi connectivity index (χ3v) is 3.61. The molecule has 0 saturated carbocycles. The van der Waals surface area contributed by atoms with Crippen LogP contribution in [0.25, 0.3) is 0 Å². The van der Waals surface area contributed by atoms with Crippen molar-refractivity contribution in [1.29, 1.82) is 0 Å². The Kier molecular flexibility index (Phi) is 5.12. The summed E-state index contributed by atoms with van der Waals surface area (Å²) in [6, 6.07) is 13.9. The molecule has 0 aliphatic rings. The topological polar surface area (TPSA) is 72.2 Å². The van der Waals surface area contributed by atoms with E-state index in [1.165, 1.54) is 12.1 Å². The number of amides is 1. The van der Waals surface area contributed by atoms with Crippen molar-refractivity contribution in [2.45, 2.75) is 19.3 Å². The van der Waals surface area contributed by atoms with Crippen molar-refractivity contribution in [2.24, 2.45) is 0 Å². The Morgan fingerprint density at radius 3 is 2.59 bits per heavy atom. The maximum atomic E-state index is 12.0. The molecule has 0 aliphatic carbocycles. The fraction of sp³-hybridized carbons (Fsp3) is 0.188. The van der Waals surface area contributed by atoms with E-state index >= 15 is 0 Å². The third kappa shape index (κ3) is 4.05. The van der Waals surface area contributed by atoms with E-state index in [0.717, 1.165) is 5.56 Å². The summed E-state index contributed by atoms with van der Waals surface area (Å²) in [4.78, 5) is 22.3. The van der Waals surface area contributed by atoms with E-state index in [0.29, 0.717) is 12.1 Å². The van der Waals surface area contributed by atoms with Gasteiger partial charge in [0, 0.05) is 18.2 Å². The van der Waals surface area contributed by atoms with Crippen LogP contribution in [0.4, 0.5) is 11.4 Å². The number of hydrogen-bond acceptors (Lipinski definition) is 3. The van der Waals surface area contributed by atoms with E-state index in [4.69, 9.17) is 11.6 Å². The van der Waals surface area contributed by atoms with Crippen molar-refractivity contribution in [3.8, 4) is 0 Å². The number of nitro groups is 1. The van der Waals surface area contributed by atoms with E-state index < -0.39 is 4.92 Å². The third-order valence-electron chi connectivity index (χ3n) is 3.29. The molecule has 1 atom stereocenters. The molecule has 0 bridgehead atoms. The van der Waals surface area contributed by atoms with E-state index in [9.17, 15) is 14.9 Å². The van der Waals surface area contributed by atoms with Gasteiger partial charge in [0.25, 0.3) is 5.69 Å². The monoisotopic (exact) mass is 318 g/mol. The molecule has 0 radical (unpaired) electrons. The van der Waals surface area contributed by atoms with Crippen LogP contribution in [0.3, 0.4) is 0 Å². The molecular formula is C16H15ClN2O3. The molecule has 22 heavy (non-hydrogen) atoms. The summed E-state index contributed by atoms with van der Waals surface area (Å²) >= 11 is 5.74. The molecule has 0 fully saturated rings. The summed E-state index contributed by atoms with van der Waals surface area (Å²) in [6.07, 6.45) is 0.292. The van der Waals surface area contributed by atoms with Gasteiger partial charge in [-0.25, -0.2) is 0 Å². The SMILES string of the molecule is C[C@H](CC(=O)Nc1ccc(Cl)c([N+](=O)[O-])c1)c1ccccc1. The second-order valence-electron chi connectivity index (χ2n) is 4.99. The van der Waals surface area contributed by atoms with Crippen LogP contribution in [-0.2, 0) is 4.79 Å². The van der Waals surface area contributed by atoms with Crippen LogP contribution >= 0.6 is 11.6 Å². The van der Waals surface area contributed by atoms with Crippen molar-refractivity contribution in [3.05, 3.63) is 69.2 Å². The van der Waals surface area contributed by atoms with Gasteiger partial charge in [-0.2, -0.15) is 0 Å². The summed E-state index contributed by atoms with van der Waals surface area (Å²) in [5.41, 5.74) is 1.21. The predicted molar refractivity (Wildman–Crippen MR) is 86.2 cm³/mol. The molecule has 0 aliphatic heterocycles. The number of anilines is 1. The zero-order chi connectivity index (χ0) is 16.1. The highest BCUT2D eigenvalue weighted by Crippen LogP contribution is 2.28. The molecule has 2 aromatic carbocycles. The van der Waals surface area contributed by atoms with E-state index in [-0.39, 0.29) is 22.5 Å². The summed E-state index contributed by atoms with van der Waals surface area (Å²) in [6.45, 7) is 1.96. The Labute approximate surface area is 133 Å². The zero-order valence-electron chi connectivity index (χ0n) is 12.0. The first-order chi connectivity index (χ1) is 10.5. The van der Waals surface area contributed by atoms with E-state index in [1.807, 2.05) is 37.3 Å². The van der Waals surface area contributed by atoms with Gasteiger partial charge in [-0.05, 0) is 23.6 Å². The van der Waals surface area contributed by atoms with Crippen LogP contribution in [0.2, 0.25) is 5.02 Å². The number of nitro benzene ring substituents is 1. The summed E-state index contributed by atoms with van der Waals surface area (Å²) in [7, 11) is 0. The standard InChI is InChI=1S/C16H15ClN2O3/c1-11(12-5-3-2-4-6-12)9-16(20)18-13-7-8-14(17)15(10-13)19(21)22/h2-8,10-11H,9H2,1H3,(H,18,20)/t11-/m1/s1. The van der Waals surface area contributed by atoms with Crippen molar-refractivity contribution < 1.29 is 9.72 Å². The molecule has 2 aromatic rings. The Balaban J connectivity index is 2.03. The smallest absolute Gasteiger partial charge is 0.289 e. The largest absolute Gasteiger partial charge is 0.326 e. The number of halogens is 1. The molecule has 1 amide bonds. The molecule has 0 spiro atoms. The second kappa shape index (κ2) is 7.04. The first-order valence-electron chi connectivity index (χ1n) is 6.76. The molecule has 6 heteroatoms. The normalized spacial score (nSPS) is 11.7. The molecule has 0 heterocycles. The quantitative estimate of drug-likeness (QED) is 0.656. The number of hydrogen-bond donors (Lipinski definition) is 1. The zero-order valence-corrected chi connectivity index (χ0v) is 12.7. The van der Waals surface area contributed by atoms with Gasteiger partial charge in [0.15, 0.2) is 0 Å². The molecule has 0 unspecified atom stereocenters. The van der Waals surface area contributed by atoms with Crippen LogP contribution in [0.5, 0.6) is 0 Å². The summed E-state index contributed by atoms with van der Waals surface area (Å²) in [5, 5.41) is 13.5. The van der Waals surface area contributed by atoms with E-state index in [2.05, 4.69) is 5.32 Å². The maximum Gasteiger partial charge on any atom is 0.289 e. The fourth-order valence-electron chi connectivity index (χ4n) is 2.12. The highest BCUT2D eigenvalue weighted by atomic mass is 35.5. The van der Waals surface area contributed by atoms with Gasteiger partial charge >= 0.3 is 0 Å². The number of nitrogens with zero attached hydrogens (tertiary/aromatic N) is 1. The minimum Gasteiger partial charge on any atom is -0.326 e. The Morgan fingerprint density at radius 1 is 1.27 bits per heavy atom. The Hall–Kier alpha value is -2.40. The predicted octanol–water partition coefficient (Wildman–Crippen LogP) is 4.38. The number of rotatable bonds is 5. The number of carbonyl (C=O) groups is 1. The maximum absolute atomic E-state index is 12.0. The highest BCUT2D eigenvalue weighted by Gasteiger charge is 2.15. The van der Waals surface area contributed by atoms with Crippen LogP contribution in [-0.4, -0.2) is 10.8 Å². The van der Waals surface area contributed by atoms with Crippen LogP contribution in [0, 0.1) is 10.1 Å². The second-order valence-corrected chi connectivity index (χ2v) is 5.39. The minimum atomic E-state index is -0.579. The number of nitrogens with one attached hydrogen (secondary N) is 1. The first kappa shape index (κ1) is 16.0. The van der Waals surface area contributed by atoms with E-state index in [1.54, 1.807) is 6.07 Å². The van der Waals surface area contributed by atoms with Gasteiger partial charge in [0.2, 0.25) is 5.91 Å². The molecule has 2 rings (SSSR count). The summed E-state index contributed by atoms with van der Waals surface area (Å²) in [5.74, 6) is -0.142. The average Bonchev–Trinajstić information content (AvgIpc) is 2.49. The molecule has 5 nitrogen and oxygen atoms in total.